The zero-order valence-corrected chi connectivity index (χ0v) is 10.5. The number of halogens is 1. The van der Waals surface area contributed by atoms with Crippen molar-refractivity contribution in [2.45, 2.75) is 0 Å². The molecule has 0 bridgehead atoms. The van der Waals surface area contributed by atoms with Crippen molar-refractivity contribution in [2.24, 2.45) is 0 Å². The van der Waals surface area contributed by atoms with E-state index >= 15 is 0 Å². The second-order valence-corrected chi connectivity index (χ2v) is 5.15. The van der Waals surface area contributed by atoms with Crippen LogP contribution >= 0.6 is 15.9 Å². The van der Waals surface area contributed by atoms with Gasteiger partial charge in [-0.1, -0.05) is 34.1 Å². The van der Waals surface area contributed by atoms with E-state index in [1.54, 1.807) is 0 Å². The number of benzene rings is 2. The monoisotopic (exact) mass is 284 g/mol. The molecule has 4 rings (SSSR count). The fourth-order valence-corrected chi connectivity index (χ4v) is 2.84. The molecule has 0 amide bonds. The van der Waals surface area contributed by atoms with E-state index in [1.165, 1.54) is 27.2 Å². The van der Waals surface area contributed by atoms with Crippen molar-refractivity contribution in [3.63, 3.8) is 0 Å². The molecule has 2 nitrogen and oxygen atoms in total. The minimum absolute atomic E-state index is 1.10. The molecule has 0 unspecified atom stereocenters. The van der Waals surface area contributed by atoms with Gasteiger partial charge in [-0.3, -0.25) is 0 Å². The van der Waals surface area contributed by atoms with Gasteiger partial charge in [0.15, 0.2) is 0 Å². The number of aromatic amines is 2. The number of nitrogens with one attached hydrogen (secondary N) is 2. The average molecular weight is 285 g/mol. The van der Waals surface area contributed by atoms with Crippen LogP contribution in [0.4, 0.5) is 0 Å². The Kier molecular flexibility index (Phi) is 1.72. The lowest BCUT2D eigenvalue weighted by molar-refractivity contribution is 1.42. The predicted octanol–water partition coefficient (Wildman–Crippen LogP) is 4.56. The van der Waals surface area contributed by atoms with Gasteiger partial charge in [0.2, 0.25) is 0 Å². The molecule has 3 heteroatoms. The second kappa shape index (κ2) is 3.14. The number of para-hydroxylation sites is 1. The van der Waals surface area contributed by atoms with Gasteiger partial charge in [-0.05, 0) is 24.3 Å². The van der Waals surface area contributed by atoms with Gasteiger partial charge >= 0.3 is 0 Å². The van der Waals surface area contributed by atoms with E-state index in [1.807, 2.05) is 0 Å². The molecule has 0 atom stereocenters. The Hall–Kier alpha value is -1.74. The summed E-state index contributed by atoms with van der Waals surface area (Å²) < 4.78 is 1.11. The van der Waals surface area contributed by atoms with Gasteiger partial charge in [-0.15, -0.1) is 0 Å². The van der Waals surface area contributed by atoms with Crippen molar-refractivity contribution in [3.05, 3.63) is 46.9 Å². The van der Waals surface area contributed by atoms with Crippen LogP contribution in [0.1, 0.15) is 0 Å². The summed E-state index contributed by atoms with van der Waals surface area (Å²) in [6.07, 6.45) is 0. The summed E-state index contributed by atoms with van der Waals surface area (Å²) in [6, 6.07) is 14.7. The van der Waals surface area contributed by atoms with Crippen LogP contribution in [0.3, 0.4) is 0 Å². The van der Waals surface area contributed by atoms with Crippen molar-refractivity contribution in [2.75, 3.05) is 0 Å². The lowest BCUT2D eigenvalue weighted by Gasteiger charge is -1.93. The Balaban J connectivity index is 2.33. The molecule has 17 heavy (non-hydrogen) atoms. The maximum atomic E-state index is 3.53. The molecule has 2 N–H and O–H groups in total. The highest BCUT2D eigenvalue weighted by atomic mass is 79.9. The van der Waals surface area contributed by atoms with Crippen LogP contribution < -0.4 is 0 Å². The Morgan fingerprint density at radius 2 is 1.59 bits per heavy atom. The van der Waals surface area contributed by atoms with Crippen LogP contribution in [-0.2, 0) is 0 Å². The molecule has 0 saturated carbocycles. The highest BCUT2D eigenvalue weighted by Gasteiger charge is 2.10. The summed E-state index contributed by atoms with van der Waals surface area (Å²) >= 11 is 3.53. The average Bonchev–Trinajstić information content (AvgIpc) is 2.84. The van der Waals surface area contributed by atoms with Crippen LogP contribution in [-0.4, -0.2) is 9.97 Å². The fraction of sp³-hybridized carbons (Fsp3) is 0. The van der Waals surface area contributed by atoms with Gasteiger partial charge in [0.1, 0.15) is 5.65 Å². The molecule has 0 radical (unpaired) electrons. The molecule has 0 saturated heterocycles. The SMILES string of the molecule is Brc1ccc2[nH]c3[nH]c4ccccc4c3c2c1. The number of H-pyrrole nitrogens is 2. The number of hydrogen-bond donors (Lipinski definition) is 2. The molecule has 82 valence electrons. The van der Waals surface area contributed by atoms with Crippen molar-refractivity contribution in [1.29, 1.82) is 0 Å². The molecule has 4 aromatic rings. The summed E-state index contributed by atoms with van der Waals surface area (Å²) in [7, 11) is 0. The Labute approximate surface area is 106 Å². The van der Waals surface area contributed by atoms with Crippen molar-refractivity contribution in [1.82, 2.24) is 9.97 Å². The molecule has 2 aromatic heterocycles. The normalized spacial score (nSPS) is 11.8. The highest BCUT2D eigenvalue weighted by molar-refractivity contribution is 9.10. The molecule has 0 aliphatic carbocycles. The van der Waals surface area contributed by atoms with Gasteiger partial charge in [-0.2, -0.15) is 0 Å². The molecule has 0 fully saturated rings. The second-order valence-electron chi connectivity index (χ2n) is 4.24. The van der Waals surface area contributed by atoms with Gasteiger partial charge in [-0.25, -0.2) is 0 Å². The lowest BCUT2D eigenvalue weighted by atomic mass is 10.1. The molecule has 0 aliphatic rings. The standard InChI is InChI=1S/C14H9BrN2/c15-8-5-6-12-10(7-8)13-9-3-1-2-4-11(9)16-14(13)17-12/h1-7,16-17H. The number of hydrogen-bond acceptors (Lipinski definition) is 0. The molecular weight excluding hydrogens is 276 g/mol. The topological polar surface area (TPSA) is 31.6 Å². The van der Waals surface area contributed by atoms with Crippen LogP contribution in [0.25, 0.3) is 32.8 Å². The first-order valence-electron chi connectivity index (χ1n) is 5.50. The molecule has 2 heterocycles. The summed E-state index contributed by atoms with van der Waals surface area (Å²) in [5.41, 5.74) is 3.44. The van der Waals surface area contributed by atoms with E-state index in [0.717, 1.165) is 10.1 Å². The van der Waals surface area contributed by atoms with Crippen LogP contribution in [0, 0.1) is 0 Å². The van der Waals surface area contributed by atoms with Gasteiger partial charge in [0, 0.05) is 31.7 Å². The van der Waals surface area contributed by atoms with E-state index in [4.69, 9.17) is 0 Å². The quantitative estimate of drug-likeness (QED) is 0.474. The van der Waals surface area contributed by atoms with E-state index < -0.39 is 0 Å². The van der Waals surface area contributed by atoms with Crippen molar-refractivity contribution in [3.8, 4) is 0 Å². The van der Waals surface area contributed by atoms with Gasteiger partial charge < -0.3 is 9.97 Å². The molecule has 0 spiro atoms. The summed E-state index contributed by atoms with van der Waals surface area (Å²) in [4.78, 5) is 6.83. The van der Waals surface area contributed by atoms with Crippen LogP contribution in [0.15, 0.2) is 46.9 Å². The third kappa shape index (κ3) is 1.20. The highest BCUT2D eigenvalue weighted by Crippen LogP contribution is 2.33. The summed E-state index contributed by atoms with van der Waals surface area (Å²) in [5.74, 6) is 0. The van der Waals surface area contributed by atoms with E-state index in [2.05, 4.69) is 68.4 Å². The number of rotatable bonds is 0. The van der Waals surface area contributed by atoms with Gasteiger partial charge in [0.25, 0.3) is 0 Å². The Morgan fingerprint density at radius 3 is 2.47 bits per heavy atom. The van der Waals surface area contributed by atoms with Crippen LogP contribution in [0.2, 0.25) is 0 Å². The number of aromatic nitrogens is 2. The fourth-order valence-electron chi connectivity index (χ4n) is 2.48. The minimum atomic E-state index is 1.10. The lowest BCUT2D eigenvalue weighted by Crippen LogP contribution is -1.71. The van der Waals surface area contributed by atoms with E-state index in [9.17, 15) is 0 Å². The first-order valence-corrected chi connectivity index (χ1v) is 6.30. The van der Waals surface area contributed by atoms with Crippen molar-refractivity contribution < 1.29 is 0 Å². The van der Waals surface area contributed by atoms with Gasteiger partial charge in [0.05, 0.1) is 0 Å². The third-order valence-corrected chi connectivity index (χ3v) is 3.71. The predicted molar refractivity (Wildman–Crippen MR) is 75.4 cm³/mol. The Morgan fingerprint density at radius 1 is 0.824 bits per heavy atom. The number of fused-ring (bicyclic) bond motifs is 5. The molecular formula is C14H9BrN2. The van der Waals surface area contributed by atoms with Crippen molar-refractivity contribution >= 4 is 48.8 Å². The van der Waals surface area contributed by atoms with Crippen LogP contribution in [0.5, 0.6) is 0 Å². The Bertz CT molecular complexity index is 854. The first kappa shape index (κ1) is 9.31. The zero-order chi connectivity index (χ0) is 11.4. The minimum Gasteiger partial charge on any atom is -0.341 e. The van der Waals surface area contributed by atoms with E-state index in [-0.39, 0.29) is 0 Å². The largest absolute Gasteiger partial charge is 0.341 e. The summed E-state index contributed by atoms with van der Waals surface area (Å²) in [5, 5.41) is 3.80. The summed E-state index contributed by atoms with van der Waals surface area (Å²) in [6.45, 7) is 0. The third-order valence-electron chi connectivity index (χ3n) is 3.22. The molecule has 2 aromatic carbocycles. The zero-order valence-electron chi connectivity index (χ0n) is 8.92. The maximum Gasteiger partial charge on any atom is 0.116 e. The molecule has 0 aliphatic heterocycles. The smallest absolute Gasteiger partial charge is 0.116 e. The first-order chi connectivity index (χ1) is 8.33. The van der Waals surface area contributed by atoms with E-state index in [0.29, 0.717) is 0 Å². The maximum absolute atomic E-state index is 3.53.